The number of nitrogens with zero attached hydrogens (tertiary/aromatic N) is 3. The van der Waals surface area contributed by atoms with Gasteiger partial charge >= 0.3 is 0 Å². The molecule has 5 aliphatic rings. The largest absolute Gasteiger partial charge is 0.292 e. The molecular weight excluding hydrogens is 521 g/mol. The van der Waals surface area contributed by atoms with Crippen molar-refractivity contribution in [3.8, 4) is 0 Å². The number of amides is 3. The number of hydrogen-bond acceptors (Lipinski definition) is 6. The van der Waals surface area contributed by atoms with Crippen LogP contribution in [0.1, 0.15) is 27.1 Å². The van der Waals surface area contributed by atoms with Gasteiger partial charge in [-0.3, -0.25) is 29.3 Å². The molecule has 1 heterocycles. The van der Waals surface area contributed by atoms with Crippen molar-refractivity contribution >= 4 is 52.4 Å². The first kappa shape index (κ1) is 23.8. The quantitative estimate of drug-likeness (QED) is 0.178. The van der Waals surface area contributed by atoms with Gasteiger partial charge in [0.1, 0.15) is 6.54 Å². The van der Waals surface area contributed by atoms with Crippen molar-refractivity contribution in [2.75, 3.05) is 6.54 Å². The lowest BCUT2D eigenvalue weighted by atomic mass is 9.63. The predicted molar refractivity (Wildman–Crippen MR) is 131 cm³/mol. The molecule has 4 aliphatic carbocycles. The van der Waals surface area contributed by atoms with Gasteiger partial charge in [0.25, 0.3) is 23.4 Å². The zero-order chi connectivity index (χ0) is 26.2. The molecule has 0 unspecified atom stereocenters. The van der Waals surface area contributed by atoms with E-state index in [1.807, 2.05) is 12.2 Å². The van der Waals surface area contributed by atoms with Gasteiger partial charge in [-0.2, -0.15) is 5.01 Å². The number of nitro benzene ring substituents is 1. The number of allylic oxidation sites excluding steroid dienone is 2. The minimum Gasteiger partial charge on any atom is -0.292 e. The molecule has 7 rings (SSSR count). The summed E-state index contributed by atoms with van der Waals surface area (Å²) in [6.45, 7) is -0.674. The molecule has 0 N–H and O–H groups in total. The van der Waals surface area contributed by atoms with E-state index in [9.17, 15) is 29.3 Å². The predicted octanol–water partition coefficient (Wildman–Crippen LogP) is 4.19. The highest BCUT2D eigenvalue weighted by Crippen LogP contribution is 2.65. The van der Waals surface area contributed by atoms with Crippen LogP contribution in [0.3, 0.4) is 0 Å². The summed E-state index contributed by atoms with van der Waals surface area (Å²) >= 11 is 12.1. The number of carbonyl (C=O) groups excluding carboxylic acids is 4. The third-order valence-corrected chi connectivity index (χ3v) is 8.69. The number of hydrazine groups is 1. The summed E-state index contributed by atoms with van der Waals surface area (Å²) in [5.41, 5.74) is -0.296. The molecule has 0 spiro atoms. The molecule has 1 aliphatic heterocycles. The minimum absolute atomic E-state index is 0.0272. The maximum atomic E-state index is 13.7. The number of ketones is 1. The number of carbonyl (C=O) groups is 4. The first-order chi connectivity index (χ1) is 17.7. The fraction of sp³-hybridized carbons (Fsp3) is 0.308. The summed E-state index contributed by atoms with van der Waals surface area (Å²) in [4.78, 5) is 64.9. The fourth-order valence-electron chi connectivity index (χ4n) is 6.21. The summed E-state index contributed by atoms with van der Waals surface area (Å²) in [6.07, 6.45) is 5.00. The maximum Gasteiger partial charge on any atom is 0.273 e. The van der Waals surface area contributed by atoms with Crippen LogP contribution in [-0.2, 0) is 9.59 Å². The fourth-order valence-corrected chi connectivity index (χ4v) is 6.51. The van der Waals surface area contributed by atoms with Crippen LogP contribution >= 0.6 is 23.2 Å². The van der Waals surface area contributed by atoms with Crippen molar-refractivity contribution in [1.82, 2.24) is 10.0 Å². The zero-order valence-corrected chi connectivity index (χ0v) is 20.6. The van der Waals surface area contributed by atoms with Gasteiger partial charge in [0.15, 0.2) is 5.78 Å². The lowest BCUT2D eigenvalue weighted by Crippen LogP contribution is -2.52. The Balaban J connectivity index is 1.37. The van der Waals surface area contributed by atoms with E-state index in [0.29, 0.717) is 11.8 Å². The monoisotopic (exact) mass is 539 g/mol. The molecule has 1 saturated heterocycles. The Kier molecular flexibility index (Phi) is 5.47. The normalized spacial score (nSPS) is 28.6. The molecule has 2 aromatic carbocycles. The van der Waals surface area contributed by atoms with Gasteiger partial charge in [-0.15, -0.1) is 0 Å². The molecule has 0 aromatic heterocycles. The third kappa shape index (κ3) is 3.67. The number of Topliss-reactive ketones (excluding diaryl/α,β-unsaturated/α-hetero) is 1. The lowest BCUT2D eigenvalue weighted by molar-refractivity contribution is -0.384. The Morgan fingerprint density at radius 2 is 1.59 bits per heavy atom. The van der Waals surface area contributed by atoms with Gasteiger partial charge < -0.3 is 0 Å². The van der Waals surface area contributed by atoms with Crippen LogP contribution in [0.5, 0.6) is 0 Å². The molecule has 37 heavy (non-hydrogen) atoms. The second kappa shape index (κ2) is 8.49. The van der Waals surface area contributed by atoms with E-state index < -0.39 is 46.8 Å². The number of halogens is 2. The Labute approximate surface area is 220 Å². The van der Waals surface area contributed by atoms with Crippen LogP contribution in [-0.4, -0.2) is 45.0 Å². The van der Waals surface area contributed by atoms with Crippen molar-refractivity contribution in [1.29, 1.82) is 0 Å². The van der Waals surface area contributed by atoms with E-state index in [0.717, 1.165) is 22.5 Å². The molecule has 3 fully saturated rings. The molecule has 0 radical (unpaired) electrons. The van der Waals surface area contributed by atoms with Crippen LogP contribution in [0.2, 0.25) is 10.0 Å². The highest BCUT2D eigenvalue weighted by Gasteiger charge is 2.68. The van der Waals surface area contributed by atoms with Gasteiger partial charge in [0, 0.05) is 23.3 Å². The summed E-state index contributed by atoms with van der Waals surface area (Å²) < 4.78 is 0. The standard InChI is InChI=1S/C26H19Cl2N3O6/c27-19-7-4-13(9-20(19)28)24(33)29(11-21(32)12-2-1-3-14(8-12)31(36)37)30-25(34)22-15-5-6-16(18-10-17(15)18)23(22)26(30)35/h1-9,15-18,22-23H,10-11H2/t15-,16-,17-,18-,22-,23+/m1/s1. The average molecular weight is 540 g/mol. The number of rotatable bonds is 6. The Bertz CT molecular complexity index is 1410. The van der Waals surface area contributed by atoms with Gasteiger partial charge in [-0.05, 0) is 48.3 Å². The Morgan fingerprint density at radius 1 is 0.946 bits per heavy atom. The Hall–Kier alpha value is -3.56. The molecule has 2 saturated carbocycles. The second-order valence-corrected chi connectivity index (χ2v) is 10.7. The molecule has 6 atom stereocenters. The van der Waals surface area contributed by atoms with E-state index >= 15 is 0 Å². The highest BCUT2D eigenvalue weighted by molar-refractivity contribution is 6.42. The molecule has 2 aromatic rings. The number of non-ortho nitro benzene ring substituents is 1. The average Bonchev–Trinajstić information content (AvgIpc) is 3.67. The van der Waals surface area contributed by atoms with E-state index in [1.165, 1.54) is 36.4 Å². The second-order valence-electron chi connectivity index (χ2n) is 9.87. The number of imide groups is 1. The maximum absolute atomic E-state index is 13.7. The molecule has 9 nitrogen and oxygen atoms in total. The summed E-state index contributed by atoms with van der Waals surface area (Å²) in [5.74, 6) is -3.07. The van der Waals surface area contributed by atoms with Gasteiger partial charge in [-0.25, -0.2) is 5.01 Å². The van der Waals surface area contributed by atoms with Crippen molar-refractivity contribution in [3.05, 3.63) is 85.9 Å². The third-order valence-electron chi connectivity index (χ3n) is 7.95. The summed E-state index contributed by atoms with van der Waals surface area (Å²) in [7, 11) is 0. The van der Waals surface area contributed by atoms with Gasteiger partial charge in [-0.1, -0.05) is 47.5 Å². The molecule has 2 bridgehead atoms. The zero-order valence-electron chi connectivity index (χ0n) is 19.1. The number of hydrogen-bond donors (Lipinski definition) is 0. The molecule has 188 valence electrons. The van der Waals surface area contributed by atoms with Crippen LogP contribution in [0.15, 0.2) is 54.6 Å². The summed E-state index contributed by atoms with van der Waals surface area (Å²) in [6, 6.07) is 9.16. The molecular formula is C26H19Cl2N3O6. The molecule has 11 heteroatoms. The van der Waals surface area contributed by atoms with Crippen LogP contribution in [0, 0.1) is 45.6 Å². The Morgan fingerprint density at radius 3 is 2.19 bits per heavy atom. The summed E-state index contributed by atoms with van der Waals surface area (Å²) in [5, 5.41) is 13.1. The number of nitro groups is 1. The van der Waals surface area contributed by atoms with Gasteiger partial charge in [0.2, 0.25) is 0 Å². The van der Waals surface area contributed by atoms with Crippen LogP contribution < -0.4 is 0 Å². The lowest BCUT2D eigenvalue weighted by Gasteiger charge is -2.37. The van der Waals surface area contributed by atoms with E-state index in [2.05, 4.69) is 0 Å². The van der Waals surface area contributed by atoms with E-state index in [4.69, 9.17) is 23.2 Å². The van der Waals surface area contributed by atoms with E-state index in [-0.39, 0.29) is 38.7 Å². The highest BCUT2D eigenvalue weighted by atomic mass is 35.5. The molecule has 3 amide bonds. The van der Waals surface area contributed by atoms with Crippen LogP contribution in [0.4, 0.5) is 5.69 Å². The van der Waals surface area contributed by atoms with Crippen LogP contribution in [0.25, 0.3) is 0 Å². The first-order valence-corrected chi connectivity index (χ1v) is 12.5. The van der Waals surface area contributed by atoms with Crippen molar-refractivity contribution in [2.24, 2.45) is 35.5 Å². The van der Waals surface area contributed by atoms with Gasteiger partial charge in [0.05, 0.1) is 26.8 Å². The van der Waals surface area contributed by atoms with E-state index in [1.54, 1.807) is 0 Å². The smallest absolute Gasteiger partial charge is 0.273 e. The SMILES string of the molecule is O=C(CN(C(=O)c1ccc(Cl)c(Cl)c1)N1C(=O)[C@@H]2[C@@H]3C=C[C@H]([C@H]4C[C@H]34)[C@@H]2C1=O)c1cccc([N+](=O)[O-])c1. The first-order valence-electron chi connectivity index (χ1n) is 11.8. The van der Waals surface area contributed by atoms with Crippen molar-refractivity contribution in [2.45, 2.75) is 6.42 Å². The van der Waals surface area contributed by atoms with Crippen molar-refractivity contribution < 1.29 is 24.1 Å². The minimum atomic E-state index is -0.789. The van der Waals surface area contributed by atoms with Crippen molar-refractivity contribution in [3.63, 3.8) is 0 Å². The topological polar surface area (TPSA) is 118 Å². The number of benzene rings is 2.